The number of hydrogen-bond donors (Lipinski definition) is 1. The summed E-state index contributed by atoms with van der Waals surface area (Å²) in [6.45, 7) is 11.3. The third-order valence-corrected chi connectivity index (χ3v) is 3.42. The summed E-state index contributed by atoms with van der Waals surface area (Å²) < 4.78 is 0. The smallest absolute Gasteiger partial charge is 0.300 e. The van der Waals surface area contributed by atoms with E-state index in [2.05, 4.69) is 17.1 Å². The first-order chi connectivity index (χ1) is 8.79. The Morgan fingerprint density at radius 1 is 1.39 bits per heavy atom. The van der Waals surface area contributed by atoms with Crippen molar-refractivity contribution in [2.75, 3.05) is 19.6 Å². The fourth-order valence-electron chi connectivity index (χ4n) is 2.32. The number of hydrogen-bond acceptors (Lipinski definition) is 2. The monoisotopic (exact) mass is 251 g/mol. The van der Waals surface area contributed by atoms with Crippen LogP contribution < -0.4 is 5.32 Å². The molecule has 0 aliphatic carbocycles. The molecule has 0 aromatic heterocycles. The van der Waals surface area contributed by atoms with Crippen molar-refractivity contribution in [3.05, 3.63) is 11.4 Å². The molecule has 4 nitrogen and oxygen atoms in total. The fraction of sp³-hybridized carbons (Fsp3) is 0.857. The normalized spacial score (nSPS) is 18.9. The molecule has 0 spiro atoms. The van der Waals surface area contributed by atoms with Crippen LogP contribution in [-0.2, 0) is 4.79 Å². The van der Waals surface area contributed by atoms with Crippen molar-refractivity contribution in [1.82, 2.24) is 10.2 Å². The van der Waals surface area contributed by atoms with Gasteiger partial charge >= 0.3 is 6.17 Å². The highest BCUT2D eigenvalue weighted by Crippen LogP contribution is 2.17. The highest BCUT2D eigenvalue weighted by molar-refractivity contribution is 5.79. The molecule has 0 saturated carbocycles. The van der Waals surface area contributed by atoms with Crippen LogP contribution >= 0.6 is 0 Å². The Bertz CT molecular complexity index is 285. The topological polar surface area (TPSA) is 36.7 Å². The molecule has 4 heteroatoms. The zero-order valence-corrected chi connectivity index (χ0v) is 11.5. The molecule has 0 unspecified atom stereocenters. The Morgan fingerprint density at radius 3 is 2.89 bits per heavy atom. The van der Waals surface area contributed by atoms with Crippen LogP contribution in [0.3, 0.4) is 0 Å². The minimum Gasteiger partial charge on any atom is -0.308 e. The predicted molar refractivity (Wildman–Crippen MR) is 73.0 cm³/mol. The van der Waals surface area contributed by atoms with E-state index in [0.29, 0.717) is 6.54 Å². The summed E-state index contributed by atoms with van der Waals surface area (Å²) in [6, 6.07) is 0. The lowest BCUT2D eigenvalue weighted by Crippen LogP contribution is -2.40. The van der Waals surface area contributed by atoms with E-state index in [0.717, 1.165) is 32.4 Å². The first-order valence-corrected chi connectivity index (χ1v) is 7.16. The van der Waals surface area contributed by atoms with E-state index in [1.165, 1.54) is 25.7 Å². The molecule has 0 bridgehead atoms. The zero-order chi connectivity index (χ0) is 13.2. The minimum atomic E-state index is -0.205. The maximum absolute atomic E-state index is 11.9. The molecule has 1 N–H and O–H groups in total. The van der Waals surface area contributed by atoms with Gasteiger partial charge in [-0.3, -0.25) is 14.5 Å². The SMILES string of the molecule is [C-]#[N+][C@@H]1CCCN1C(=O)CNCCCCCCC. The number of nitrogens with zero attached hydrogens (tertiary/aromatic N) is 2. The molecule has 18 heavy (non-hydrogen) atoms. The molecular formula is C14H25N3O. The molecule has 0 aromatic rings. The summed E-state index contributed by atoms with van der Waals surface area (Å²) in [7, 11) is 0. The van der Waals surface area contributed by atoms with Gasteiger partial charge in [0.2, 0.25) is 5.91 Å². The predicted octanol–water partition coefficient (Wildman–Crippen LogP) is 2.41. The maximum atomic E-state index is 11.9. The van der Waals surface area contributed by atoms with Crippen LogP contribution in [0.25, 0.3) is 4.85 Å². The largest absolute Gasteiger partial charge is 0.308 e. The number of carbonyl (C=O) groups excluding carboxylic acids is 1. The van der Waals surface area contributed by atoms with Gasteiger partial charge in [0.1, 0.15) is 0 Å². The molecule has 1 rings (SSSR count). The second-order valence-corrected chi connectivity index (χ2v) is 4.93. The van der Waals surface area contributed by atoms with Gasteiger partial charge in [0.05, 0.1) is 6.54 Å². The molecule has 0 aromatic carbocycles. The van der Waals surface area contributed by atoms with Gasteiger partial charge in [-0.25, -0.2) is 6.57 Å². The highest BCUT2D eigenvalue weighted by Gasteiger charge is 2.32. The lowest BCUT2D eigenvalue weighted by atomic mass is 10.1. The van der Waals surface area contributed by atoms with E-state index in [-0.39, 0.29) is 12.1 Å². The average molecular weight is 251 g/mol. The van der Waals surface area contributed by atoms with E-state index in [1.54, 1.807) is 4.90 Å². The van der Waals surface area contributed by atoms with Gasteiger partial charge in [0, 0.05) is 13.0 Å². The van der Waals surface area contributed by atoms with Gasteiger partial charge in [-0.2, -0.15) is 0 Å². The molecule has 1 heterocycles. The Morgan fingerprint density at radius 2 is 2.17 bits per heavy atom. The van der Waals surface area contributed by atoms with Crippen LogP contribution in [0, 0.1) is 6.57 Å². The van der Waals surface area contributed by atoms with Crippen molar-refractivity contribution in [2.24, 2.45) is 0 Å². The standard InChI is InChI=1S/C14H25N3O/c1-3-4-5-6-7-10-16-12-14(18)17-11-8-9-13(17)15-2/h13,16H,3-12H2,1H3/t13-/m0/s1. The summed E-state index contributed by atoms with van der Waals surface area (Å²) in [4.78, 5) is 17.1. The summed E-state index contributed by atoms with van der Waals surface area (Å²) in [5.41, 5.74) is 0. The van der Waals surface area contributed by atoms with E-state index in [9.17, 15) is 4.79 Å². The van der Waals surface area contributed by atoms with Gasteiger partial charge in [-0.05, 0) is 19.4 Å². The Balaban J connectivity index is 2.05. The third kappa shape index (κ3) is 5.05. The lowest BCUT2D eigenvalue weighted by Gasteiger charge is -2.16. The summed E-state index contributed by atoms with van der Waals surface area (Å²) in [5, 5.41) is 3.19. The van der Waals surface area contributed by atoms with Crippen LogP contribution in [0.4, 0.5) is 0 Å². The quantitative estimate of drug-likeness (QED) is 0.531. The zero-order valence-electron chi connectivity index (χ0n) is 11.5. The molecule has 1 aliphatic heterocycles. The van der Waals surface area contributed by atoms with Crippen LogP contribution in [0.2, 0.25) is 0 Å². The maximum Gasteiger partial charge on any atom is 0.300 e. The van der Waals surface area contributed by atoms with Crippen LogP contribution in [0.1, 0.15) is 51.9 Å². The molecule has 1 aliphatic rings. The third-order valence-electron chi connectivity index (χ3n) is 3.42. The average Bonchev–Trinajstić information content (AvgIpc) is 2.85. The molecule has 1 fully saturated rings. The molecule has 1 atom stereocenters. The molecule has 1 amide bonds. The van der Waals surface area contributed by atoms with Gasteiger partial charge in [0.25, 0.3) is 0 Å². The van der Waals surface area contributed by atoms with E-state index in [1.807, 2.05) is 0 Å². The second-order valence-electron chi connectivity index (χ2n) is 4.93. The fourth-order valence-corrected chi connectivity index (χ4v) is 2.32. The lowest BCUT2D eigenvalue weighted by molar-refractivity contribution is -0.130. The first kappa shape index (κ1) is 15.0. The summed E-state index contributed by atoms with van der Waals surface area (Å²) >= 11 is 0. The number of amides is 1. The van der Waals surface area contributed by atoms with Crippen molar-refractivity contribution in [1.29, 1.82) is 0 Å². The molecule has 0 radical (unpaired) electrons. The van der Waals surface area contributed by atoms with Gasteiger partial charge in [-0.1, -0.05) is 32.6 Å². The summed E-state index contributed by atoms with van der Waals surface area (Å²) in [5.74, 6) is 0.0852. The van der Waals surface area contributed by atoms with Gasteiger partial charge in [-0.15, -0.1) is 0 Å². The van der Waals surface area contributed by atoms with Gasteiger partial charge in [0.15, 0.2) is 0 Å². The molecule has 102 valence electrons. The molecule has 1 saturated heterocycles. The Kier molecular flexibility index (Phi) is 7.43. The van der Waals surface area contributed by atoms with Crippen molar-refractivity contribution in [3.8, 4) is 0 Å². The summed E-state index contributed by atoms with van der Waals surface area (Å²) in [6.07, 6.45) is 7.84. The number of nitrogens with one attached hydrogen (secondary N) is 1. The highest BCUT2D eigenvalue weighted by atomic mass is 16.2. The first-order valence-electron chi connectivity index (χ1n) is 7.16. The minimum absolute atomic E-state index is 0.0852. The van der Waals surface area contributed by atoms with Crippen molar-refractivity contribution in [3.63, 3.8) is 0 Å². The van der Waals surface area contributed by atoms with Crippen molar-refractivity contribution >= 4 is 5.91 Å². The van der Waals surface area contributed by atoms with Crippen LogP contribution in [-0.4, -0.2) is 36.6 Å². The van der Waals surface area contributed by atoms with E-state index >= 15 is 0 Å². The van der Waals surface area contributed by atoms with Gasteiger partial charge < -0.3 is 5.32 Å². The number of rotatable bonds is 8. The Labute approximate surface area is 111 Å². The molecular weight excluding hydrogens is 226 g/mol. The Hall–Kier alpha value is -1.08. The van der Waals surface area contributed by atoms with Crippen molar-refractivity contribution < 1.29 is 4.79 Å². The number of unbranched alkanes of at least 4 members (excludes halogenated alkanes) is 4. The van der Waals surface area contributed by atoms with E-state index in [4.69, 9.17) is 6.57 Å². The van der Waals surface area contributed by atoms with Crippen molar-refractivity contribution in [2.45, 2.75) is 58.0 Å². The van der Waals surface area contributed by atoms with E-state index < -0.39 is 0 Å². The second kappa shape index (κ2) is 8.93. The number of carbonyl (C=O) groups is 1. The number of likely N-dealkylation sites (tertiary alicyclic amines) is 1. The van der Waals surface area contributed by atoms with Crippen LogP contribution in [0.5, 0.6) is 0 Å². The van der Waals surface area contributed by atoms with Crippen LogP contribution in [0.15, 0.2) is 0 Å².